The fraction of sp³-hybridized carbons (Fsp3) is 0.200. The molecule has 6 rings (SSSR count). The van der Waals surface area contributed by atoms with Crippen LogP contribution in [0.3, 0.4) is 0 Å². The van der Waals surface area contributed by atoms with E-state index in [1.54, 1.807) is 43.3 Å². The number of ether oxygens (including phenoxy) is 3. The Morgan fingerprint density at radius 2 is 1.53 bits per heavy atom. The molecule has 0 aliphatic carbocycles. The van der Waals surface area contributed by atoms with Gasteiger partial charge in [0.1, 0.15) is 16.9 Å². The number of hydrogen-bond acceptors (Lipinski definition) is 10. The van der Waals surface area contributed by atoms with Crippen LogP contribution in [0, 0.1) is 0 Å². The molecule has 15 nitrogen and oxygen atoms in total. The molecule has 6 aromatic rings. The quantitative estimate of drug-likeness (QED) is 0.0528. The Bertz CT molecular complexity index is 2400. The second-order valence-corrected chi connectivity index (χ2v) is 14.3. The molecule has 4 N–H and O–H groups in total. The van der Waals surface area contributed by atoms with Gasteiger partial charge >= 0.3 is 85.1 Å². The fourth-order valence-corrected chi connectivity index (χ4v) is 6.29. The number of carbonyl (C=O) groups is 4. The van der Waals surface area contributed by atoms with Crippen LogP contribution in [-0.4, -0.2) is 50.7 Å². The number of nitrogens with zero attached hydrogens (tertiary/aromatic N) is 1. The number of phosphoric acid groups is 1. The van der Waals surface area contributed by atoms with Gasteiger partial charge in [0.25, 0.3) is 0 Å². The van der Waals surface area contributed by atoms with E-state index >= 15 is 0 Å². The molecule has 2 atom stereocenters. The van der Waals surface area contributed by atoms with Crippen molar-refractivity contribution in [1.82, 2.24) is 15.2 Å². The van der Waals surface area contributed by atoms with Crippen LogP contribution in [0.5, 0.6) is 0 Å². The van der Waals surface area contributed by atoms with Gasteiger partial charge in [0.2, 0.25) is 12.7 Å². The number of para-hydroxylation sites is 2. The van der Waals surface area contributed by atoms with E-state index in [1.165, 1.54) is 35.0 Å². The van der Waals surface area contributed by atoms with Crippen molar-refractivity contribution in [3.8, 4) is 0 Å². The third-order valence-corrected chi connectivity index (χ3v) is 9.31. The summed E-state index contributed by atoms with van der Waals surface area (Å²) < 4.78 is 38.3. The zero-order valence-corrected chi connectivity index (χ0v) is 37.1. The number of hydrogen-bond donors (Lipinski definition) is 4. The summed E-state index contributed by atoms with van der Waals surface area (Å²) in [4.78, 5) is 71.1. The zero-order chi connectivity index (χ0) is 39.9. The first kappa shape index (κ1) is 46.4. The van der Waals surface area contributed by atoms with Gasteiger partial charge in [-0.2, -0.15) is 0 Å². The van der Waals surface area contributed by atoms with Crippen molar-refractivity contribution in [1.29, 1.82) is 0 Å². The summed E-state index contributed by atoms with van der Waals surface area (Å²) in [7, 11) is -4.66. The monoisotopic (exact) mass is 831 g/mol. The van der Waals surface area contributed by atoms with Crippen LogP contribution in [-0.2, 0) is 47.7 Å². The van der Waals surface area contributed by atoms with Crippen molar-refractivity contribution in [3.05, 3.63) is 143 Å². The zero-order valence-electron chi connectivity index (χ0n) is 34.2. The molecule has 58 heavy (non-hydrogen) atoms. The third-order valence-electron chi connectivity index (χ3n) is 8.84. The summed E-state index contributed by atoms with van der Waals surface area (Å²) in [5.74, 6) is -0.909. The standard InChI is InChI=1S/C40H38N3O12P.2Na.2H/c1-26(28-10-4-3-5-11-28)41-37(45)40(2,42-38(46)51-24-32-20-30-12-6-9-15-35(30)55-32)21-31-22-43(34-14-8-7-13-33(31)34)39(47)53-25-52-36(44)29-18-16-27(17-19-29)23-54-56(48,49)50;;;;/h3-20,22,26H,21,23-25H2,1-2H3,(H,41,45)(H,42,46)(H2,48,49,50);;;;/q;2*+1;2*-1. The Kier molecular flexibility index (Phi) is 16.5. The van der Waals surface area contributed by atoms with Gasteiger partial charge in [-0.05, 0) is 60.9 Å². The number of phosphoric ester groups is 1. The van der Waals surface area contributed by atoms with Crippen molar-refractivity contribution >= 4 is 53.8 Å². The second kappa shape index (κ2) is 20.6. The van der Waals surface area contributed by atoms with E-state index in [4.69, 9.17) is 28.4 Å². The molecule has 0 bridgehead atoms. The number of nitrogens with one attached hydrogen (secondary N) is 2. The van der Waals surface area contributed by atoms with Gasteiger partial charge in [-0.3, -0.25) is 13.9 Å². The Morgan fingerprint density at radius 1 is 0.862 bits per heavy atom. The van der Waals surface area contributed by atoms with Crippen LogP contribution in [0.4, 0.5) is 9.59 Å². The van der Waals surface area contributed by atoms with E-state index in [2.05, 4.69) is 15.2 Å². The normalized spacial score (nSPS) is 12.6. The number of esters is 1. The first-order valence-corrected chi connectivity index (χ1v) is 18.8. The van der Waals surface area contributed by atoms with Gasteiger partial charge in [-0.25, -0.2) is 18.9 Å². The summed E-state index contributed by atoms with van der Waals surface area (Å²) in [5, 5.41) is 7.17. The average molecular weight is 832 g/mol. The van der Waals surface area contributed by atoms with E-state index in [0.29, 0.717) is 33.4 Å². The smallest absolute Gasteiger partial charge is 1.00 e. The van der Waals surface area contributed by atoms with Crippen molar-refractivity contribution in [2.45, 2.75) is 45.1 Å². The first-order valence-electron chi connectivity index (χ1n) is 17.3. The van der Waals surface area contributed by atoms with Crippen LogP contribution in [0.1, 0.15) is 55.6 Å². The topological polar surface area (TPSA) is 205 Å². The Balaban J connectivity index is 0.00000310. The summed E-state index contributed by atoms with van der Waals surface area (Å²) in [6.45, 7) is 2.09. The Labute approximate surface area is 380 Å². The molecular formula is C40H40N3Na2O12P. The van der Waals surface area contributed by atoms with Gasteiger partial charge in [0.05, 0.1) is 23.7 Å². The summed E-state index contributed by atoms with van der Waals surface area (Å²) >= 11 is 0. The van der Waals surface area contributed by atoms with Crippen molar-refractivity contribution in [3.63, 3.8) is 0 Å². The van der Waals surface area contributed by atoms with Crippen LogP contribution >= 0.6 is 7.82 Å². The SMILES string of the molecule is CC(NC(=O)C(C)(Cc1cn(C(=O)OCOC(=O)c2ccc(COP(=O)(O)O)cc2)c2ccccc12)NC(=O)OCc1cc2ccccc2o1)c1ccccc1.[H-].[H-].[Na+].[Na+]. The Hall–Kier alpha value is -4.25. The molecule has 2 heterocycles. The van der Waals surface area contributed by atoms with E-state index in [-0.39, 0.29) is 87.2 Å². The molecule has 2 aromatic heterocycles. The number of carbonyl (C=O) groups excluding carboxylic acids is 4. The molecule has 0 spiro atoms. The minimum Gasteiger partial charge on any atom is -1.00 e. The number of benzene rings is 4. The first-order chi connectivity index (χ1) is 26.8. The van der Waals surface area contributed by atoms with Crippen LogP contribution in [0.2, 0.25) is 0 Å². The second-order valence-electron chi connectivity index (χ2n) is 13.0. The third kappa shape index (κ3) is 12.1. The maximum Gasteiger partial charge on any atom is 1.00 e. The molecule has 4 aromatic carbocycles. The largest absolute Gasteiger partial charge is 1.00 e. The maximum absolute atomic E-state index is 14.1. The van der Waals surface area contributed by atoms with Crippen LogP contribution in [0.25, 0.3) is 21.9 Å². The van der Waals surface area contributed by atoms with E-state index in [1.807, 2.05) is 55.5 Å². The van der Waals surface area contributed by atoms with Gasteiger partial charge in [-0.15, -0.1) is 0 Å². The van der Waals surface area contributed by atoms with Gasteiger partial charge in [0, 0.05) is 23.4 Å². The minimum absolute atomic E-state index is 0. The predicted molar refractivity (Wildman–Crippen MR) is 204 cm³/mol. The summed E-state index contributed by atoms with van der Waals surface area (Å²) in [5.41, 5.74) is 1.33. The molecule has 2 unspecified atom stereocenters. The molecule has 0 aliphatic rings. The molecule has 294 valence electrons. The number of fused-ring (bicyclic) bond motifs is 2. The molecule has 18 heteroatoms. The molecular weight excluding hydrogens is 791 g/mol. The number of rotatable bonds is 14. The number of amides is 2. The molecule has 0 fully saturated rings. The number of aromatic nitrogens is 1. The molecule has 0 radical (unpaired) electrons. The average Bonchev–Trinajstić information content (AvgIpc) is 3.77. The van der Waals surface area contributed by atoms with Gasteiger partial charge < -0.3 is 41.9 Å². The summed E-state index contributed by atoms with van der Waals surface area (Å²) in [6.07, 6.45) is -0.344. The predicted octanol–water partition coefficient (Wildman–Crippen LogP) is 1.13. The summed E-state index contributed by atoms with van der Waals surface area (Å²) in [6, 6.07) is 30.5. The Morgan fingerprint density at radius 3 is 2.24 bits per heavy atom. The minimum atomic E-state index is -4.66. The van der Waals surface area contributed by atoms with Crippen LogP contribution in [0.15, 0.2) is 120 Å². The molecule has 0 aliphatic heterocycles. The number of furan rings is 1. The molecule has 0 saturated heterocycles. The van der Waals surface area contributed by atoms with E-state index in [9.17, 15) is 23.7 Å². The van der Waals surface area contributed by atoms with Crippen molar-refractivity contribution < 1.29 is 119 Å². The van der Waals surface area contributed by atoms with Crippen LogP contribution < -0.4 is 69.7 Å². The van der Waals surface area contributed by atoms with E-state index < -0.39 is 50.3 Å². The maximum atomic E-state index is 14.1. The van der Waals surface area contributed by atoms with Gasteiger partial charge in [0.15, 0.2) is 6.61 Å². The molecule has 2 amide bonds. The fourth-order valence-electron chi connectivity index (χ4n) is 5.97. The van der Waals surface area contributed by atoms with Gasteiger partial charge in [-0.1, -0.05) is 78.9 Å². The molecule has 0 saturated carbocycles. The van der Waals surface area contributed by atoms with E-state index in [0.717, 1.165) is 10.9 Å². The van der Waals surface area contributed by atoms with Crippen molar-refractivity contribution in [2.75, 3.05) is 6.79 Å². The number of alkyl carbamates (subject to hydrolysis) is 1. The van der Waals surface area contributed by atoms with Crippen molar-refractivity contribution in [2.24, 2.45) is 0 Å².